The van der Waals surface area contributed by atoms with E-state index in [1.807, 2.05) is 19.0 Å². The third kappa shape index (κ3) is 5.24. The van der Waals surface area contributed by atoms with Gasteiger partial charge in [-0.1, -0.05) is 0 Å². The molecule has 0 aliphatic rings. The van der Waals surface area contributed by atoms with Gasteiger partial charge in [-0.25, -0.2) is 9.37 Å². The number of aryl methyl sites for hydroxylation is 1. The third-order valence-corrected chi connectivity index (χ3v) is 4.24. The molecule has 0 saturated heterocycles. The first-order chi connectivity index (χ1) is 11.1. The van der Waals surface area contributed by atoms with Gasteiger partial charge in [-0.05, 0) is 24.3 Å². The number of hydrogen-bond acceptors (Lipinski definition) is 4. The molecule has 8 heteroatoms. The SMILES string of the molecule is CN=C(NCCSc1ccc(F)cc1)N(C)Cc1ncnn1C. The van der Waals surface area contributed by atoms with Crippen molar-refractivity contribution in [2.24, 2.45) is 12.0 Å². The summed E-state index contributed by atoms with van der Waals surface area (Å²) in [6.45, 7) is 1.39. The summed E-state index contributed by atoms with van der Waals surface area (Å²) in [6, 6.07) is 6.52. The fourth-order valence-corrected chi connectivity index (χ4v) is 2.77. The molecule has 0 aliphatic heterocycles. The van der Waals surface area contributed by atoms with Gasteiger partial charge in [0.05, 0.1) is 6.54 Å². The predicted octanol–water partition coefficient (Wildman–Crippen LogP) is 1.75. The van der Waals surface area contributed by atoms with Crippen molar-refractivity contribution in [2.45, 2.75) is 11.4 Å². The minimum Gasteiger partial charge on any atom is -0.355 e. The molecular weight excluding hydrogens is 315 g/mol. The quantitative estimate of drug-likeness (QED) is 0.377. The molecule has 0 saturated carbocycles. The molecule has 23 heavy (non-hydrogen) atoms. The Morgan fingerprint density at radius 3 is 2.74 bits per heavy atom. The first-order valence-electron chi connectivity index (χ1n) is 7.23. The van der Waals surface area contributed by atoms with Crippen molar-refractivity contribution in [2.75, 3.05) is 26.4 Å². The molecule has 6 nitrogen and oxygen atoms in total. The topological polar surface area (TPSA) is 58.3 Å². The van der Waals surface area contributed by atoms with Crippen LogP contribution in [-0.2, 0) is 13.6 Å². The van der Waals surface area contributed by atoms with E-state index in [0.29, 0.717) is 6.54 Å². The van der Waals surface area contributed by atoms with E-state index in [4.69, 9.17) is 0 Å². The average molecular weight is 336 g/mol. The number of aromatic nitrogens is 3. The number of guanidine groups is 1. The molecule has 2 rings (SSSR count). The molecule has 1 aromatic heterocycles. The fourth-order valence-electron chi connectivity index (χ4n) is 2.00. The number of benzene rings is 1. The summed E-state index contributed by atoms with van der Waals surface area (Å²) in [5, 5.41) is 7.36. The Balaban J connectivity index is 1.76. The molecule has 0 amide bonds. The molecule has 0 radical (unpaired) electrons. The van der Waals surface area contributed by atoms with E-state index in [1.165, 1.54) is 12.1 Å². The molecule has 124 valence electrons. The monoisotopic (exact) mass is 336 g/mol. The van der Waals surface area contributed by atoms with Crippen LogP contribution in [0.4, 0.5) is 4.39 Å². The Labute approximate surface area is 139 Å². The molecule has 1 N–H and O–H groups in total. The normalized spacial score (nSPS) is 11.6. The van der Waals surface area contributed by atoms with E-state index in [1.54, 1.807) is 42.0 Å². The predicted molar refractivity (Wildman–Crippen MR) is 91.0 cm³/mol. The van der Waals surface area contributed by atoms with Gasteiger partial charge in [0.15, 0.2) is 5.96 Å². The van der Waals surface area contributed by atoms with Gasteiger partial charge in [0.25, 0.3) is 0 Å². The van der Waals surface area contributed by atoms with E-state index in [0.717, 1.165) is 29.0 Å². The minimum atomic E-state index is -0.210. The average Bonchev–Trinajstić information content (AvgIpc) is 2.94. The lowest BCUT2D eigenvalue weighted by Gasteiger charge is -2.21. The molecule has 1 heterocycles. The summed E-state index contributed by atoms with van der Waals surface area (Å²) in [7, 11) is 5.57. The number of thioether (sulfide) groups is 1. The zero-order chi connectivity index (χ0) is 16.7. The minimum absolute atomic E-state index is 0.210. The van der Waals surface area contributed by atoms with Crippen molar-refractivity contribution in [1.82, 2.24) is 25.0 Å². The summed E-state index contributed by atoms with van der Waals surface area (Å²) in [6.07, 6.45) is 1.54. The number of halogens is 1. The molecule has 0 spiro atoms. The Morgan fingerprint density at radius 1 is 1.39 bits per heavy atom. The van der Waals surface area contributed by atoms with Gasteiger partial charge >= 0.3 is 0 Å². The van der Waals surface area contributed by atoms with Crippen LogP contribution in [0.1, 0.15) is 5.82 Å². The largest absolute Gasteiger partial charge is 0.355 e. The highest BCUT2D eigenvalue weighted by molar-refractivity contribution is 7.99. The van der Waals surface area contributed by atoms with Crippen molar-refractivity contribution in [3.8, 4) is 0 Å². The van der Waals surface area contributed by atoms with Crippen LogP contribution in [0, 0.1) is 5.82 Å². The van der Waals surface area contributed by atoms with Gasteiger partial charge in [-0.15, -0.1) is 11.8 Å². The van der Waals surface area contributed by atoms with Crippen LogP contribution < -0.4 is 5.32 Å². The number of nitrogens with zero attached hydrogens (tertiary/aromatic N) is 5. The third-order valence-electron chi connectivity index (χ3n) is 3.22. The van der Waals surface area contributed by atoms with Crippen molar-refractivity contribution in [3.63, 3.8) is 0 Å². The fraction of sp³-hybridized carbons (Fsp3) is 0.400. The molecule has 0 fully saturated rings. The zero-order valence-corrected chi connectivity index (χ0v) is 14.3. The van der Waals surface area contributed by atoms with Gasteiger partial charge in [0, 0.05) is 38.3 Å². The number of aliphatic imine (C=N–C) groups is 1. The van der Waals surface area contributed by atoms with Crippen LogP contribution in [0.5, 0.6) is 0 Å². The Bertz CT molecular complexity index is 640. The maximum absolute atomic E-state index is 12.8. The Kier molecular flexibility index (Phi) is 6.40. The maximum atomic E-state index is 12.8. The van der Waals surface area contributed by atoms with Crippen LogP contribution in [-0.4, -0.2) is 52.0 Å². The van der Waals surface area contributed by atoms with E-state index in [-0.39, 0.29) is 5.82 Å². The highest BCUT2D eigenvalue weighted by Crippen LogP contribution is 2.17. The van der Waals surface area contributed by atoms with Crippen molar-refractivity contribution in [3.05, 3.63) is 42.2 Å². The summed E-state index contributed by atoms with van der Waals surface area (Å²) in [4.78, 5) is 11.5. The molecule has 0 bridgehead atoms. The second kappa shape index (κ2) is 8.52. The second-order valence-electron chi connectivity index (χ2n) is 4.93. The molecule has 0 atom stereocenters. The van der Waals surface area contributed by atoms with Gasteiger partial charge in [-0.2, -0.15) is 5.10 Å². The first kappa shape index (κ1) is 17.3. The van der Waals surface area contributed by atoms with Crippen LogP contribution in [0.15, 0.2) is 40.5 Å². The molecule has 0 aliphatic carbocycles. The number of hydrogen-bond donors (Lipinski definition) is 1. The summed E-state index contributed by atoms with van der Waals surface area (Å²) in [5.41, 5.74) is 0. The van der Waals surface area contributed by atoms with Crippen LogP contribution in [0.3, 0.4) is 0 Å². The van der Waals surface area contributed by atoms with E-state index in [9.17, 15) is 4.39 Å². The lowest BCUT2D eigenvalue weighted by Crippen LogP contribution is -2.39. The Hall–Kier alpha value is -2.09. The lowest BCUT2D eigenvalue weighted by atomic mass is 10.4. The molecule has 2 aromatic rings. The number of rotatable bonds is 6. The zero-order valence-electron chi connectivity index (χ0n) is 13.5. The second-order valence-corrected chi connectivity index (χ2v) is 6.10. The smallest absolute Gasteiger partial charge is 0.193 e. The van der Waals surface area contributed by atoms with Gasteiger partial charge in [0.2, 0.25) is 0 Å². The maximum Gasteiger partial charge on any atom is 0.193 e. The highest BCUT2D eigenvalue weighted by Gasteiger charge is 2.09. The summed E-state index contributed by atoms with van der Waals surface area (Å²) >= 11 is 1.67. The van der Waals surface area contributed by atoms with Crippen molar-refractivity contribution < 1.29 is 4.39 Å². The van der Waals surface area contributed by atoms with Gasteiger partial charge in [-0.3, -0.25) is 9.67 Å². The molecule has 1 aromatic carbocycles. The summed E-state index contributed by atoms with van der Waals surface area (Å²) < 4.78 is 14.6. The Morgan fingerprint density at radius 2 is 2.13 bits per heavy atom. The van der Waals surface area contributed by atoms with Crippen LogP contribution >= 0.6 is 11.8 Å². The van der Waals surface area contributed by atoms with Crippen LogP contribution in [0.25, 0.3) is 0 Å². The van der Waals surface area contributed by atoms with Gasteiger partial charge < -0.3 is 10.2 Å². The first-order valence-corrected chi connectivity index (χ1v) is 8.21. The van der Waals surface area contributed by atoms with Crippen molar-refractivity contribution in [1.29, 1.82) is 0 Å². The van der Waals surface area contributed by atoms with Crippen molar-refractivity contribution >= 4 is 17.7 Å². The lowest BCUT2D eigenvalue weighted by molar-refractivity contribution is 0.450. The standard InChI is InChI=1S/C15H21FN6S/c1-17-15(21(2)10-14-19-11-20-22(14)3)18-8-9-23-13-6-4-12(16)5-7-13/h4-7,11H,8-10H2,1-3H3,(H,17,18). The van der Waals surface area contributed by atoms with Gasteiger partial charge in [0.1, 0.15) is 18.0 Å². The molecule has 0 unspecified atom stereocenters. The van der Waals surface area contributed by atoms with Crippen LogP contribution in [0.2, 0.25) is 0 Å². The molecular formula is C15H21FN6S. The van der Waals surface area contributed by atoms with E-state index in [2.05, 4.69) is 20.4 Å². The highest BCUT2D eigenvalue weighted by atomic mass is 32.2. The van der Waals surface area contributed by atoms with E-state index >= 15 is 0 Å². The number of nitrogens with one attached hydrogen (secondary N) is 1. The summed E-state index contributed by atoms with van der Waals surface area (Å²) in [5.74, 6) is 2.32. The van der Waals surface area contributed by atoms with E-state index < -0.39 is 0 Å².